The van der Waals surface area contributed by atoms with E-state index in [1.807, 2.05) is 12.4 Å². The molecule has 4 heteroatoms. The van der Waals surface area contributed by atoms with Gasteiger partial charge in [0.2, 0.25) is 0 Å². The molecule has 56 heavy (non-hydrogen) atoms. The van der Waals surface area contributed by atoms with E-state index in [1.54, 1.807) is 0 Å². The smallest absolute Gasteiger partial charge is 0.0972 e. The highest BCUT2D eigenvalue weighted by Gasteiger charge is 2.21. The minimum atomic E-state index is 0.901. The van der Waals surface area contributed by atoms with Gasteiger partial charge in [0.15, 0.2) is 0 Å². The average Bonchev–Trinajstić information content (AvgIpc) is 3.78. The maximum absolute atomic E-state index is 5.06. The quantitative estimate of drug-likeness (QED) is 0.170. The van der Waals surface area contributed by atoms with E-state index >= 15 is 0 Å². The van der Waals surface area contributed by atoms with Gasteiger partial charge in [-0.15, -0.1) is 0 Å². The summed E-state index contributed by atoms with van der Waals surface area (Å²) in [5, 5.41) is 9.38. The molecule has 0 radical (unpaired) electrons. The van der Waals surface area contributed by atoms with Crippen molar-refractivity contribution in [1.82, 2.24) is 19.1 Å². The summed E-state index contributed by atoms with van der Waals surface area (Å²) in [6.45, 7) is 0. The predicted octanol–water partition coefficient (Wildman–Crippen LogP) is 13.5. The molecule has 0 N–H and O–H groups in total. The number of aromatic nitrogens is 4. The first-order valence-corrected chi connectivity index (χ1v) is 19.1. The maximum Gasteiger partial charge on any atom is 0.0972 e. The van der Waals surface area contributed by atoms with Crippen LogP contribution in [0.2, 0.25) is 0 Å². The van der Waals surface area contributed by atoms with Crippen molar-refractivity contribution in [2.75, 3.05) is 0 Å². The Bertz CT molecular complexity index is 3520. The van der Waals surface area contributed by atoms with Crippen LogP contribution in [0.4, 0.5) is 0 Å². The number of benzene rings is 9. The minimum absolute atomic E-state index is 0.901. The molecule has 0 amide bonds. The van der Waals surface area contributed by atoms with E-state index in [0.717, 1.165) is 44.2 Å². The fourth-order valence-corrected chi connectivity index (χ4v) is 9.12. The zero-order chi connectivity index (χ0) is 36.7. The van der Waals surface area contributed by atoms with Crippen LogP contribution in [-0.2, 0) is 0 Å². The van der Waals surface area contributed by atoms with Gasteiger partial charge in [0, 0.05) is 56.0 Å². The topological polar surface area (TPSA) is 35.6 Å². The normalized spacial score (nSPS) is 11.9. The first-order chi connectivity index (χ1) is 27.8. The van der Waals surface area contributed by atoms with Gasteiger partial charge in [-0.05, 0) is 82.1 Å². The van der Waals surface area contributed by atoms with Crippen molar-refractivity contribution in [3.8, 4) is 33.6 Å². The third kappa shape index (κ3) is 4.47. The van der Waals surface area contributed by atoms with Gasteiger partial charge in [0.1, 0.15) is 0 Å². The van der Waals surface area contributed by atoms with E-state index < -0.39 is 0 Å². The Hall–Kier alpha value is -7.56. The Kier molecular flexibility index (Phi) is 6.60. The molecule has 0 saturated carbocycles. The summed E-state index contributed by atoms with van der Waals surface area (Å²) < 4.78 is 4.84. The van der Waals surface area contributed by atoms with Gasteiger partial charge in [0.25, 0.3) is 0 Å². The van der Waals surface area contributed by atoms with E-state index in [1.165, 1.54) is 65.6 Å². The van der Waals surface area contributed by atoms with Crippen LogP contribution < -0.4 is 0 Å². The molecule has 4 nitrogen and oxygen atoms in total. The summed E-state index contributed by atoms with van der Waals surface area (Å²) >= 11 is 0. The Labute approximate surface area is 322 Å². The van der Waals surface area contributed by atoms with E-state index in [0.29, 0.717) is 0 Å². The Balaban J connectivity index is 1.19. The van der Waals surface area contributed by atoms with Crippen LogP contribution in [0.3, 0.4) is 0 Å². The van der Waals surface area contributed by atoms with Crippen molar-refractivity contribution in [3.05, 3.63) is 194 Å². The summed E-state index contributed by atoms with van der Waals surface area (Å²) in [6, 6.07) is 65.9. The van der Waals surface area contributed by atoms with Crippen LogP contribution in [0.1, 0.15) is 0 Å². The van der Waals surface area contributed by atoms with Crippen molar-refractivity contribution in [2.24, 2.45) is 0 Å². The maximum atomic E-state index is 5.06. The molecule has 9 aromatic carbocycles. The lowest BCUT2D eigenvalue weighted by molar-refractivity contribution is 1.18. The van der Waals surface area contributed by atoms with Crippen LogP contribution in [0, 0.1) is 0 Å². The third-order valence-electron chi connectivity index (χ3n) is 11.6. The molecule has 0 aliphatic rings. The van der Waals surface area contributed by atoms with Gasteiger partial charge in [-0.1, -0.05) is 127 Å². The van der Waals surface area contributed by atoms with Crippen molar-refractivity contribution in [3.63, 3.8) is 0 Å². The molecular weight excluding hydrogens is 681 g/mol. The van der Waals surface area contributed by atoms with E-state index in [9.17, 15) is 0 Å². The van der Waals surface area contributed by atoms with Crippen LogP contribution in [0.5, 0.6) is 0 Å². The van der Waals surface area contributed by atoms with Gasteiger partial charge in [-0.25, -0.2) is 0 Å². The zero-order valence-electron chi connectivity index (χ0n) is 30.3. The summed E-state index contributed by atoms with van der Waals surface area (Å²) in [7, 11) is 0. The van der Waals surface area contributed by atoms with E-state index in [4.69, 9.17) is 9.97 Å². The number of rotatable bonds is 4. The molecule has 0 aliphatic carbocycles. The van der Waals surface area contributed by atoms with Gasteiger partial charge >= 0.3 is 0 Å². The monoisotopic (exact) mass is 712 g/mol. The number of para-hydroxylation sites is 3. The molecule has 0 spiro atoms. The second kappa shape index (κ2) is 12.0. The highest BCUT2D eigenvalue weighted by molar-refractivity contribution is 6.30. The summed E-state index contributed by atoms with van der Waals surface area (Å²) in [4.78, 5) is 10.1. The molecule has 0 aliphatic heterocycles. The third-order valence-corrected chi connectivity index (χ3v) is 11.6. The summed E-state index contributed by atoms with van der Waals surface area (Å²) in [5.74, 6) is 0. The summed E-state index contributed by atoms with van der Waals surface area (Å²) in [6.07, 6.45) is 3.64. The van der Waals surface area contributed by atoms with Crippen molar-refractivity contribution in [2.45, 2.75) is 0 Å². The minimum Gasteiger partial charge on any atom is -0.309 e. The zero-order valence-corrected chi connectivity index (χ0v) is 30.3. The van der Waals surface area contributed by atoms with Gasteiger partial charge < -0.3 is 9.13 Å². The summed E-state index contributed by atoms with van der Waals surface area (Å²) in [5.41, 5.74) is 13.5. The number of nitrogens with zero attached hydrogens (tertiary/aromatic N) is 4. The van der Waals surface area contributed by atoms with Crippen LogP contribution in [0.25, 0.3) is 110 Å². The van der Waals surface area contributed by atoms with Gasteiger partial charge in [-0.3, -0.25) is 9.97 Å². The Morgan fingerprint density at radius 1 is 0.304 bits per heavy atom. The molecule has 0 bridgehead atoms. The molecule has 0 fully saturated rings. The molecule has 0 atom stereocenters. The molecule has 3 aromatic heterocycles. The van der Waals surface area contributed by atoms with Crippen LogP contribution in [0.15, 0.2) is 194 Å². The lowest BCUT2D eigenvalue weighted by atomic mass is 9.96. The largest absolute Gasteiger partial charge is 0.309 e. The average molecular weight is 713 g/mol. The van der Waals surface area contributed by atoms with Crippen molar-refractivity contribution in [1.29, 1.82) is 0 Å². The standard InChI is InChI=1S/C52H32N4/c1-3-14-33(15-4-1)35-18-13-19-36(28-35)55-47-24-11-8-21-38(47)42-29-40-41-30-43-39-22-9-12-25-48(39)56(46-23-10-7-20-37(46)34-16-5-2-6-17-34)50(43)32-45(41)52-51(53-26-27-54-52)44(40)31-49(42)55/h1-32H. The second-order valence-electron chi connectivity index (χ2n) is 14.6. The molecule has 3 heterocycles. The molecule has 0 saturated heterocycles. The number of fused-ring (bicyclic) bond motifs is 12. The molecular formula is C52H32N4. The fraction of sp³-hybridized carbons (Fsp3) is 0. The van der Waals surface area contributed by atoms with Gasteiger partial charge in [0.05, 0.1) is 38.8 Å². The second-order valence-corrected chi connectivity index (χ2v) is 14.6. The van der Waals surface area contributed by atoms with Crippen molar-refractivity contribution >= 4 is 76.2 Å². The lowest BCUT2D eigenvalue weighted by Crippen LogP contribution is -1.97. The Morgan fingerprint density at radius 3 is 1.48 bits per heavy atom. The Morgan fingerprint density at radius 2 is 0.821 bits per heavy atom. The molecule has 12 rings (SSSR count). The predicted molar refractivity (Wildman–Crippen MR) is 234 cm³/mol. The van der Waals surface area contributed by atoms with Crippen LogP contribution in [-0.4, -0.2) is 19.1 Å². The fourth-order valence-electron chi connectivity index (χ4n) is 9.12. The lowest BCUT2D eigenvalue weighted by Gasteiger charge is -2.15. The van der Waals surface area contributed by atoms with Crippen molar-refractivity contribution < 1.29 is 0 Å². The molecule has 260 valence electrons. The SMILES string of the molecule is c1ccc(-c2cccc(-n3c4ccccc4c4cc5c6cc7c8ccccc8n(-c8ccccc8-c8ccccc8)c7cc6c6nccnc6c5cc43)c2)cc1. The first-order valence-electron chi connectivity index (χ1n) is 19.1. The van der Waals surface area contributed by atoms with E-state index in [-0.39, 0.29) is 0 Å². The highest BCUT2D eigenvalue weighted by atomic mass is 15.0. The highest BCUT2D eigenvalue weighted by Crippen LogP contribution is 2.44. The van der Waals surface area contributed by atoms with E-state index in [2.05, 4.69) is 191 Å². The van der Waals surface area contributed by atoms with Crippen LogP contribution >= 0.6 is 0 Å². The first kappa shape index (κ1) is 30.9. The van der Waals surface area contributed by atoms with Gasteiger partial charge in [-0.2, -0.15) is 0 Å². The number of hydrogen-bond acceptors (Lipinski definition) is 2. The number of hydrogen-bond donors (Lipinski definition) is 0. The molecule has 0 unspecified atom stereocenters. The molecule has 12 aromatic rings.